The topological polar surface area (TPSA) is 28.2 Å². The molecule has 1 heterocycles. The summed E-state index contributed by atoms with van der Waals surface area (Å²) in [6.45, 7) is 11.1. The molecule has 0 saturated heterocycles. The molecule has 1 aliphatic carbocycles. The minimum absolute atomic E-state index is 0.768. The van der Waals surface area contributed by atoms with Crippen LogP contribution in [-0.4, -0.2) is 29.0 Å². The van der Waals surface area contributed by atoms with Crippen molar-refractivity contribution in [1.82, 2.24) is 15.2 Å². The van der Waals surface area contributed by atoms with Crippen LogP contribution >= 0.6 is 11.3 Å². The van der Waals surface area contributed by atoms with Crippen molar-refractivity contribution in [2.75, 3.05) is 13.1 Å². The molecule has 1 saturated carbocycles. The zero-order valence-corrected chi connectivity index (χ0v) is 14.0. The molecule has 1 aromatic rings. The third-order valence-corrected chi connectivity index (χ3v) is 5.12. The Bertz CT molecular complexity index is 383. The summed E-state index contributed by atoms with van der Waals surface area (Å²) in [7, 11) is 0. The molecule has 0 unspecified atom stereocenters. The van der Waals surface area contributed by atoms with E-state index in [1.807, 2.05) is 0 Å². The van der Waals surface area contributed by atoms with Crippen molar-refractivity contribution in [3.63, 3.8) is 0 Å². The molecule has 0 radical (unpaired) electrons. The van der Waals surface area contributed by atoms with Crippen molar-refractivity contribution in [3.8, 4) is 0 Å². The van der Waals surface area contributed by atoms with Crippen LogP contribution in [0.25, 0.3) is 0 Å². The van der Waals surface area contributed by atoms with Crippen LogP contribution in [0.3, 0.4) is 0 Å². The van der Waals surface area contributed by atoms with Gasteiger partial charge < -0.3 is 5.32 Å². The predicted octanol–water partition coefficient (Wildman–Crippen LogP) is 3.65. The quantitative estimate of drug-likeness (QED) is 0.714. The summed E-state index contributed by atoms with van der Waals surface area (Å²) in [5.74, 6) is 0.824. The third kappa shape index (κ3) is 5.15. The molecule has 2 rings (SSSR count). The molecule has 20 heavy (non-hydrogen) atoms. The van der Waals surface area contributed by atoms with Crippen molar-refractivity contribution in [2.45, 2.75) is 65.6 Å². The molecule has 1 aromatic heterocycles. The Kier molecular flexibility index (Phi) is 6.46. The van der Waals surface area contributed by atoms with Crippen LogP contribution in [0, 0.1) is 5.92 Å². The lowest BCUT2D eigenvalue weighted by Gasteiger charge is -2.24. The highest BCUT2D eigenvalue weighted by atomic mass is 32.1. The fourth-order valence-corrected chi connectivity index (χ4v) is 3.20. The Labute approximate surface area is 127 Å². The average Bonchev–Trinajstić information content (AvgIpc) is 3.20. The van der Waals surface area contributed by atoms with E-state index in [4.69, 9.17) is 4.98 Å². The van der Waals surface area contributed by atoms with Gasteiger partial charge >= 0.3 is 0 Å². The van der Waals surface area contributed by atoms with Crippen LogP contribution in [0.15, 0.2) is 5.38 Å². The van der Waals surface area contributed by atoms with Crippen molar-refractivity contribution in [3.05, 3.63) is 16.1 Å². The van der Waals surface area contributed by atoms with Gasteiger partial charge in [-0.1, -0.05) is 33.6 Å². The van der Waals surface area contributed by atoms with Crippen molar-refractivity contribution < 1.29 is 0 Å². The normalized spacial score (nSPS) is 15.4. The van der Waals surface area contributed by atoms with Gasteiger partial charge in [0.2, 0.25) is 0 Å². The van der Waals surface area contributed by atoms with E-state index < -0.39 is 0 Å². The van der Waals surface area contributed by atoms with Gasteiger partial charge in [-0.25, -0.2) is 4.98 Å². The van der Waals surface area contributed by atoms with E-state index >= 15 is 0 Å². The van der Waals surface area contributed by atoms with Crippen molar-refractivity contribution >= 4 is 11.3 Å². The summed E-state index contributed by atoms with van der Waals surface area (Å²) >= 11 is 1.80. The minimum atomic E-state index is 0.768. The van der Waals surface area contributed by atoms with Gasteiger partial charge in [0.1, 0.15) is 5.01 Å². The van der Waals surface area contributed by atoms with Gasteiger partial charge in [0.15, 0.2) is 0 Å². The van der Waals surface area contributed by atoms with Gasteiger partial charge in [-0.05, 0) is 25.3 Å². The molecule has 1 fully saturated rings. The first-order valence-electron chi connectivity index (χ1n) is 8.14. The molecule has 114 valence electrons. The molecule has 0 amide bonds. The summed E-state index contributed by atoms with van der Waals surface area (Å²) in [4.78, 5) is 7.30. The minimum Gasteiger partial charge on any atom is -0.308 e. The van der Waals surface area contributed by atoms with E-state index in [-0.39, 0.29) is 0 Å². The molecule has 3 nitrogen and oxygen atoms in total. The van der Waals surface area contributed by atoms with Gasteiger partial charge in [-0.15, -0.1) is 11.3 Å². The Balaban J connectivity index is 1.80. The molecular weight excluding hydrogens is 266 g/mol. The fourth-order valence-electron chi connectivity index (χ4n) is 2.47. The van der Waals surface area contributed by atoms with Crippen molar-refractivity contribution in [2.24, 2.45) is 5.92 Å². The second-order valence-electron chi connectivity index (χ2n) is 5.90. The van der Waals surface area contributed by atoms with Gasteiger partial charge in [0.25, 0.3) is 0 Å². The molecule has 0 aromatic carbocycles. The fraction of sp³-hybridized carbons (Fsp3) is 0.812. The van der Waals surface area contributed by atoms with Crippen LogP contribution < -0.4 is 5.32 Å². The number of aromatic nitrogens is 1. The van der Waals surface area contributed by atoms with Crippen LogP contribution in [0.2, 0.25) is 0 Å². The third-order valence-electron chi connectivity index (χ3n) is 4.22. The van der Waals surface area contributed by atoms with Crippen LogP contribution in [0.4, 0.5) is 0 Å². The highest BCUT2D eigenvalue weighted by molar-refractivity contribution is 7.09. The maximum absolute atomic E-state index is 4.77. The Morgan fingerprint density at radius 1 is 1.35 bits per heavy atom. The Morgan fingerprint density at radius 3 is 2.70 bits per heavy atom. The lowest BCUT2D eigenvalue weighted by atomic mass is 10.0. The number of thiazole rings is 1. The summed E-state index contributed by atoms with van der Waals surface area (Å²) in [6.07, 6.45) is 5.25. The van der Waals surface area contributed by atoms with E-state index in [9.17, 15) is 0 Å². The zero-order valence-electron chi connectivity index (χ0n) is 13.2. The number of nitrogens with one attached hydrogen (secondary N) is 1. The monoisotopic (exact) mass is 295 g/mol. The Morgan fingerprint density at radius 2 is 2.10 bits per heavy atom. The van der Waals surface area contributed by atoms with Crippen LogP contribution in [0.5, 0.6) is 0 Å². The lowest BCUT2D eigenvalue weighted by Crippen LogP contribution is -2.28. The number of hydrogen-bond donors (Lipinski definition) is 1. The average molecular weight is 295 g/mol. The zero-order chi connectivity index (χ0) is 14.4. The molecule has 1 aliphatic rings. The summed E-state index contributed by atoms with van der Waals surface area (Å²) in [5, 5.41) is 7.02. The van der Waals surface area contributed by atoms with E-state index in [2.05, 4.69) is 36.4 Å². The highest BCUT2D eigenvalue weighted by Gasteiger charge is 2.20. The van der Waals surface area contributed by atoms with Gasteiger partial charge in [0.05, 0.1) is 5.69 Å². The van der Waals surface area contributed by atoms with Gasteiger partial charge in [-0.2, -0.15) is 0 Å². The lowest BCUT2D eigenvalue weighted by molar-refractivity contribution is 0.224. The summed E-state index contributed by atoms with van der Waals surface area (Å²) < 4.78 is 0. The van der Waals surface area contributed by atoms with Crippen LogP contribution in [-0.2, 0) is 13.1 Å². The second kappa shape index (κ2) is 8.11. The van der Waals surface area contributed by atoms with Crippen LogP contribution in [0.1, 0.15) is 57.2 Å². The number of nitrogens with zero attached hydrogens (tertiary/aromatic N) is 2. The first kappa shape index (κ1) is 15.9. The first-order valence-corrected chi connectivity index (χ1v) is 9.02. The summed E-state index contributed by atoms with van der Waals surface area (Å²) in [6, 6.07) is 0.768. The summed E-state index contributed by atoms with van der Waals surface area (Å²) in [5.41, 5.74) is 1.25. The largest absolute Gasteiger partial charge is 0.308 e. The molecule has 1 N–H and O–H groups in total. The maximum atomic E-state index is 4.77. The molecule has 4 heteroatoms. The predicted molar refractivity (Wildman–Crippen MR) is 87.0 cm³/mol. The number of hydrogen-bond acceptors (Lipinski definition) is 4. The van der Waals surface area contributed by atoms with E-state index in [0.29, 0.717) is 0 Å². The Hall–Kier alpha value is -0.450. The van der Waals surface area contributed by atoms with Gasteiger partial charge in [0, 0.05) is 31.1 Å². The maximum Gasteiger partial charge on any atom is 0.107 e. The van der Waals surface area contributed by atoms with Gasteiger partial charge in [-0.3, -0.25) is 4.90 Å². The second-order valence-corrected chi connectivity index (χ2v) is 6.84. The number of rotatable bonds is 10. The van der Waals surface area contributed by atoms with E-state index in [1.165, 1.54) is 42.9 Å². The highest BCUT2D eigenvalue weighted by Crippen LogP contribution is 2.20. The molecule has 0 spiro atoms. The molecular formula is C16H29N3S. The molecule has 0 aliphatic heterocycles. The smallest absolute Gasteiger partial charge is 0.107 e. The SMILES string of the molecule is CCC(CC)CN(CC)Cc1csc(CNC2CC2)n1. The standard InChI is InChI=1S/C16H29N3S/c1-4-13(5-2)10-19(6-3)11-15-12-20-16(18-15)9-17-14-7-8-14/h12-14,17H,4-11H2,1-3H3. The van der Waals surface area contributed by atoms with E-state index in [0.717, 1.165) is 31.6 Å². The molecule has 0 bridgehead atoms. The molecule has 0 atom stereocenters. The first-order chi connectivity index (χ1) is 9.75. The van der Waals surface area contributed by atoms with E-state index in [1.54, 1.807) is 11.3 Å². The van der Waals surface area contributed by atoms with Crippen molar-refractivity contribution in [1.29, 1.82) is 0 Å².